The zero-order valence-corrected chi connectivity index (χ0v) is 14.2. The molecule has 1 atom stereocenters. The highest BCUT2D eigenvalue weighted by atomic mass is 35.5. The van der Waals surface area contributed by atoms with Crippen LogP contribution in [0.3, 0.4) is 0 Å². The van der Waals surface area contributed by atoms with Gasteiger partial charge < -0.3 is 20.2 Å². The lowest BCUT2D eigenvalue weighted by molar-refractivity contribution is -0.389. The molecule has 2 aromatic rings. The monoisotopic (exact) mass is 368 g/mol. The topological polar surface area (TPSA) is 82.2 Å². The Morgan fingerprint density at radius 2 is 2.20 bits per heavy atom. The summed E-state index contributed by atoms with van der Waals surface area (Å²) >= 11 is 0. The summed E-state index contributed by atoms with van der Waals surface area (Å²) < 4.78 is 21.6. The summed E-state index contributed by atoms with van der Waals surface area (Å²) in [7, 11) is 0. The molecule has 9 heteroatoms. The van der Waals surface area contributed by atoms with E-state index in [1.807, 2.05) is 0 Å². The Hall–Kier alpha value is -2.19. The molecular formula is C16H18ClFN4O3. The average molecular weight is 369 g/mol. The number of anilines is 1. The quantitative estimate of drug-likeness (QED) is 0.660. The summed E-state index contributed by atoms with van der Waals surface area (Å²) in [6, 6.07) is 3.08. The lowest BCUT2D eigenvalue weighted by Gasteiger charge is -2.20. The first-order valence-corrected chi connectivity index (χ1v) is 8.05. The summed E-state index contributed by atoms with van der Waals surface area (Å²) in [6.45, 7) is 1.35. The molecule has 0 radical (unpaired) electrons. The van der Waals surface area contributed by atoms with Crippen molar-refractivity contribution in [3.8, 4) is 11.1 Å². The summed E-state index contributed by atoms with van der Waals surface area (Å²) in [5.41, 5.74) is 2.12. The smallest absolute Gasteiger partial charge is 0.384 e. The Bertz CT molecular complexity index is 805. The fraction of sp³-hybridized carbons (Fsp3) is 0.438. The molecule has 1 fully saturated rings. The van der Waals surface area contributed by atoms with Crippen molar-refractivity contribution >= 4 is 23.9 Å². The Morgan fingerprint density at radius 1 is 1.36 bits per heavy atom. The molecular weight excluding hydrogens is 351 g/mol. The van der Waals surface area contributed by atoms with Crippen molar-refractivity contribution in [1.82, 2.24) is 9.78 Å². The molecule has 1 aromatic carbocycles. The predicted octanol–water partition coefficient (Wildman–Crippen LogP) is 3.69. The number of aromatic nitrogens is 2. The minimum atomic E-state index is -0.570. The van der Waals surface area contributed by atoms with Crippen LogP contribution in [0.5, 0.6) is 0 Å². The molecule has 0 aliphatic carbocycles. The second-order valence-corrected chi connectivity index (χ2v) is 6.09. The molecule has 1 saturated heterocycles. The standard InChI is InChI=1S/C16H17FN4O3.ClH/c17-13-8-14-10(4-5-18-14)7-11(13)12-9-20(19-16(12)21(22)23)15-3-1-2-6-24-15;/h7-9,15,18H,1-6H2;1H. The van der Waals surface area contributed by atoms with E-state index in [1.165, 1.54) is 16.9 Å². The van der Waals surface area contributed by atoms with Crippen molar-refractivity contribution in [2.24, 2.45) is 0 Å². The largest absolute Gasteiger partial charge is 0.398 e. The van der Waals surface area contributed by atoms with Gasteiger partial charge in [-0.15, -0.1) is 12.4 Å². The Labute approximate surface area is 149 Å². The molecule has 2 aliphatic heterocycles. The Balaban J connectivity index is 0.00000182. The average Bonchev–Trinajstić information content (AvgIpc) is 3.21. The number of nitro groups is 1. The maximum atomic E-state index is 14.5. The van der Waals surface area contributed by atoms with E-state index in [4.69, 9.17) is 4.74 Å². The highest BCUT2D eigenvalue weighted by molar-refractivity contribution is 5.85. The van der Waals surface area contributed by atoms with Crippen molar-refractivity contribution in [2.45, 2.75) is 31.9 Å². The number of nitrogens with zero attached hydrogens (tertiary/aromatic N) is 3. The van der Waals surface area contributed by atoms with Crippen molar-refractivity contribution in [1.29, 1.82) is 0 Å². The van der Waals surface area contributed by atoms with Crippen LogP contribution in [0.15, 0.2) is 18.3 Å². The van der Waals surface area contributed by atoms with E-state index in [0.29, 0.717) is 6.61 Å². The zero-order valence-electron chi connectivity index (χ0n) is 13.4. The van der Waals surface area contributed by atoms with Crippen molar-refractivity contribution in [3.05, 3.63) is 39.8 Å². The highest BCUT2D eigenvalue weighted by Crippen LogP contribution is 2.36. The maximum Gasteiger partial charge on any atom is 0.398 e. The minimum absolute atomic E-state index is 0. The van der Waals surface area contributed by atoms with Crippen LogP contribution in [-0.4, -0.2) is 27.9 Å². The lowest BCUT2D eigenvalue weighted by atomic mass is 10.0. The van der Waals surface area contributed by atoms with Gasteiger partial charge in [-0.05, 0) is 48.3 Å². The van der Waals surface area contributed by atoms with Crippen LogP contribution < -0.4 is 5.32 Å². The van der Waals surface area contributed by atoms with Gasteiger partial charge in [0.1, 0.15) is 11.4 Å². The fourth-order valence-electron chi connectivity index (χ4n) is 3.31. The number of rotatable bonds is 3. The third kappa shape index (κ3) is 3.19. The molecule has 0 bridgehead atoms. The number of hydrogen-bond donors (Lipinski definition) is 1. The molecule has 1 N–H and O–H groups in total. The van der Waals surface area contributed by atoms with Gasteiger partial charge in [-0.25, -0.2) is 4.39 Å². The lowest BCUT2D eigenvalue weighted by Crippen LogP contribution is -2.18. The molecule has 134 valence electrons. The number of nitrogens with one attached hydrogen (secondary N) is 1. The molecule has 4 rings (SSSR count). The van der Waals surface area contributed by atoms with Crippen LogP contribution in [0.2, 0.25) is 0 Å². The van der Waals surface area contributed by atoms with Crippen LogP contribution in [-0.2, 0) is 11.2 Å². The summed E-state index contributed by atoms with van der Waals surface area (Å²) in [4.78, 5) is 10.8. The van der Waals surface area contributed by atoms with Gasteiger partial charge in [0.15, 0.2) is 6.23 Å². The van der Waals surface area contributed by atoms with Gasteiger partial charge in [-0.2, -0.15) is 4.68 Å². The number of fused-ring (bicyclic) bond motifs is 1. The van der Waals surface area contributed by atoms with Gasteiger partial charge in [0.25, 0.3) is 0 Å². The molecule has 2 aliphatic rings. The Kier molecular flexibility index (Phi) is 4.91. The molecule has 0 spiro atoms. The van der Waals surface area contributed by atoms with Crippen molar-refractivity contribution in [2.75, 3.05) is 18.5 Å². The van der Waals surface area contributed by atoms with Gasteiger partial charge in [0, 0.05) is 24.4 Å². The van der Waals surface area contributed by atoms with E-state index in [-0.39, 0.29) is 35.6 Å². The van der Waals surface area contributed by atoms with E-state index in [0.717, 1.165) is 43.5 Å². The van der Waals surface area contributed by atoms with E-state index in [1.54, 1.807) is 6.07 Å². The molecule has 25 heavy (non-hydrogen) atoms. The third-order valence-corrected chi connectivity index (χ3v) is 4.53. The van der Waals surface area contributed by atoms with E-state index in [2.05, 4.69) is 10.4 Å². The van der Waals surface area contributed by atoms with Gasteiger partial charge in [-0.1, -0.05) is 0 Å². The highest BCUT2D eigenvalue weighted by Gasteiger charge is 2.29. The second-order valence-electron chi connectivity index (χ2n) is 6.09. The van der Waals surface area contributed by atoms with Crippen LogP contribution >= 0.6 is 12.4 Å². The van der Waals surface area contributed by atoms with Gasteiger partial charge in [-0.3, -0.25) is 0 Å². The van der Waals surface area contributed by atoms with Gasteiger partial charge in [0.2, 0.25) is 0 Å². The van der Waals surface area contributed by atoms with Crippen molar-refractivity contribution < 1.29 is 14.1 Å². The van der Waals surface area contributed by atoms with E-state index < -0.39 is 10.7 Å². The molecule has 3 heterocycles. The number of ether oxygens (including phenoxy) is 1. The first-order chi connectivity index (χ1) is 11.6. The van der Waals surface area contributed by atoms with E-state index >= 15 is 0 Å². The summed E-state index contributed by atoms with van der Waals surface area (Å²) in [5, 5.41) is 18.5. The van der Waals surface area contributed by atoms with Crippen LogP contribution in [0.25, 0.3) is 11.1 Å². The van der Waals surface area contributed by atoms with Gasteiger partial charge >= 0.3 is 5.82 Å². The first kappa shape index (κ1) is 17.6. The number of hydrogen-bond acceptors (Lipinski definition) is 5. The Morgan fingerprint density at radius 3 is 2.92 bits per heavy atom. The molecule has 0 saturated carbocycles. The van der Waals surface area contributed by atoms with E-state index in [9.17, 15) is 14.5 Å². The number of benzene rings is 1. The summed E-state index contributed by atoms with van der Waals surface area (Å²) in [5.74, 6) is -0.829. The SMILES string of the molecule is Cl.O=[N+]([O-])c1nn(C2CCCCO2)cc1-c1cc2c(cc1F)NCC2. The molecule has 1 aromatic heterocycles. The molecule has 0 amide bonds. The van der Waals surface area contributed by atoms with Crippen LogP contribution in [0.1, 0.15) is 31.1 Å². The van der Waals surface area contributed by atoms with Crippen molar-refractivity contribution in [3.63, 3.8) is 0 Å². The summed E-state index contributed by atoms with van der Waals surface area (Å²) in [6.07, 6.45) is 4.67. The van der Waals surface area contributed by atoms with Gasteiger partial charge in [0.05, 0.1) is 11.3 Å². The van der Waals surface area contributed by atoms with Crippen LogP contribution in [0.4, 0.5) is 15.9 Å². The molecule has 7 nitrogen and oxygen atoms in total. The van der Waals surface area contributed by atoms with Crippen LogP contribution in [0, 0.1) is 15.9 Å². The zero-order chi connectivity index (χ0) is 16.7. The molecule has 1 unspecified atom stereocenters. The third-order valence-electron chi connectivity index (χ3n) is 4.53. The predicted molar refractivity (Wildman–Crippen MR) is 92.6 cm³/mol. The number of halogens is 2. The second kappa shape index (κ2) is 6.97. The normalized spacial score (nSPS) is 19.0. The maximum absolute atomic E-state index is 14.5. The first-order valence-electron chi connectivity index (χ1n) is 8.05. The fourth-order valence-corrected chi connectivity index (χ4v) is 3.31. The minimum Gasteiger partial charge on any atom is -0.384 e.